The zero-order chi connectivity index (χ0) is 22.0. The molecule has 1 aliphatic carbocycles. The van der Waals surface area contributed by atoms with Crippen LogP contribution < -0.4 is 11.5 Å². The first-order chi connectivity index (χ1) is 12.8. The number of hydrogen-bond acceptors (Lipinski definition) is 4. The van der Waals surface area contributed by atoms with Gasteiger partial charge in [0, 0.05) is 11.6 Å². The van der Waals surface area contributed by atoms with Crippen molar-refractivity contribution in [1.29, 1.82) is 0 Å². The van der Waals surface area contributed by atoms with Gasteiger partial charge in [-0.3, -0.25) is 9.59 Å². The fourth-order valence-corrected chi connectivity index (χ4v) is 2.18. The van der Waals surface area contributed by atoms with Crippen LogP contribution in [0, 0.1) is 0 Å². The van der Waals surface area contributed by atoms with E-state index in [-0.39, 0.29) is 18.9 Å². The highest BCUT2D eigenvalue weighted by atomic mass is 19.4. The van der Waals surface area contributed by atoms with Crippen LogP contribution in [0.5, 0.6) is 0 Å². The Morgan fingerprint density at radius 1 is 1.00 bits per heavy atom. The third-order valence-corrected chi connectivity index (χ3v) is 3.57. The van der Waals surface area contributed by atoms with Crippen LogP contribution in [-0.4, -0.2) is 29.9 Å². The van der Waals surface area contributed by atoms with Gasteiger partial charge in [0.2, 0.25) is 0 Å². The second kappa shape index (κ2) is 11.6. The summed E-state index contributed by atoms with van der Waals surface area (Å²) in [5.41, 5.74) is 6.55. The molecule has 0 heterocycles. The van der Waals surface area contributed by atoms with Crippen molar-refractivity contribution < 1.29 is 41.0 Å². The Balaban J connectivity index is 0.000000497. The number of hydrogen-bond donors (Lipinski definition) is 3. The Hall–Kier alpha value is -2.14. The van der Waals surface area contributed by atoms with E-state index in [0.29, 0.717) is 18.2 Å². The number of rotatable bonds is 2. The third-order valence-electron chi connectivity index (χ3n) is 3.57. The summed E-state index contributed by atoms with van der Waals surface area (Å²) in [6, 6.07) is 1.23. The Morgan fingerprint density at radius 3 is 1.61 bits per heavy atom. The van der Waals surface area contributed by atoms with Gasteiger partial charge in [0.05, 0.1) is 17.7 Å². The molecule has 160 valence electrons. The number of aldehydes is 1. The van der Waals surface area contributed by atoms with Gasteiger partial charge in [0.25, 0.3) is 0 Å². The number of carbonyl (C=O) groups excluding carboxylic acids is 1. The van der Waals surface area contributed by atoms with Crippen LogP contribution in [0.1, 0.15) is 53.6 Å². The fraction of sp³-hybridized carbons (Fsp3) is 0.529. The molecule has 5 N–H and O–H groups in total. The van der Waals surface area contributed by atoms with Gasteiger partial charge in [0.15, 0.2) is 0 Å². The highest BCUT2D eigenvalue weighted by Gasteiger charge is 2.36. The summed E-state index contributed by atoms with van der Waals surface area (Å²) in [7, 11) is 0. The highest BCUT2D eigenvalue weighted by Crippen LogP contribution is 2.35. The second-order valence-corrected chi connectivity index (χ2v) is 5.95. The molecule has 0 spiro atoms. The number of benzene rings is 1. The number of aliphatic carboxylic acids is 1. The SMILES string of the molecule is NC1CCCCC1.NCC(=O)O.O=Cc1cc(C(F)(F)F)cc(C(F)(F)F)c1. The first-order valence-electron chi connectivity index (χ1n) is 8.23. The van der Waals surface area contributed by atoms with Crippen LogP contribution in [0.4, 0.5) is 26.3 Å². The van der Waals surface area contributed by atoms with Crippen LogP contribution in [0.25, 0.3) is 0 Å². The maximum Gasteiger partial charge on any atom is 0.416 e. The Labute approximate surface area is 157 Å². The summed E-state index contributed by atoms with van der Waals surface area (Å²) < 4.78 is 73.1. The Kier molecular flexibility index (Phi) is 10.8. The molecule has 1 aliphatic rings. The van der Waals surface area contributed by atoms with Crippen molar-refractivity contribution in [1.82, 2.24) is 0 Å². The van der Waals surface area contributed by atoms with Crippen molar-refractivity contribution in [2.75, 3.05) is 6.54 Å². The van der Waals surface area contributed by atoms with Gasteiger partial charge in [-0.2, -0.15) is 26.3 Å². The molecule has 0 aromatic heterocycles. The van der Waals surface area contributed by atoms with Crippen LogP contribution >= 0.6 is 0 Å². The van der Waals surface area contributed by atoms with Gasteiger partial charge in [-0.25, -0.2) is 0 Å². The molecule has 1 saturated carbocycles. The van der Waals surface area contributed by atoms with E-state index in [1.165, 1.54) is 32.1 Å². The number of alkyl halides is 6. The largest absolute Gasteiger partial charge is 0.480 e. The van der Waals surface area contributed by atoms with Crippen molar-refractivity contribution in [2.45, 2.75) is 50.5 Å². The first-order valence-corrected chi connectivity index (χ1v) is 8.23. The van der Waals surface area contributed by atoms with Crippen molar-refractivity contribution in [3.05, 3.63) is 34.9 Å². The summed E-state index contributed by atoms with van der Waals surface area (Å²) in [6.07, 6.45) is -3.24. The maximum atomic E-state index is 12.2. The number of carbonyl (C=O) groups is 2. The van der Waals surface area contributed by atoms with Gasteiger partial charge in [-0.05, 0) is 31.0 Å². The van der Waals surface area contributed by atoms with Gasteiger partial charge >= 0.3 is 18.3 Å². The number of carboxylic acids is 1. The molecule has 2 rings (SSSR count). The van der Waals surface area contributed by atoms with Gasteiger partial charge in [0.1, 0.15) is 6.29 Å². The van der Waals surface area contributed by atoms with E-state index in [1.807, 2.05) is 0 Å². The van der Waals surface area contributed by atoms with Crippen molar-refractivity contribution in [3.63, 3.8) is 0 Å². The van der Waals surface area contributed by atoms with E-state index >= 15 is 0 Å². The van der Waals surface area contributed by atoms with E-state index in [1.54, 1.807) is 0 Å². The standard InChI is InChI=1S/C9H4F6O.C6H13N.C2H5NO2/c10-8(11,12)6-1-5(4-16)2-7(3-6)9(13,14)15;7-6-4-2-1-3-5-6;3-1-2(4)5/h1-4H;6H,1-5,7H2;1,3H2,(H,4,5). The number of halogens is 6. The van der Waals surface area contributed by atoms with E-state index < -0.39 is 35.0 Å². The lowest BCUT2D eigenvalue weighted by Crippen LogP contribution is -2.22. The van der Waals surface area contributed by atoms with Crippen molar-refractivity contribution in [3.8, 4) is 0 Å². The minimum absolute atomic E-state index is 0.0347. The predicted molar refractivity (Wildman–Crippen MR) is 89.6 cm³/mol. The van der Waals surface area contributed by atoms with Crippen molar-refractivity contribution >= 4 is 12.3 Å². The maximum absolute atomic E-state index is 12.2. The minimum Gasteiger partial charge on any atom is -0.480 e. The minimum atomic E-state index is -4.92. The van der Waals surface area contributed by atoms with E-state index in [2.05, 4.69) is 5.73 Å². The molecule has 0 saturated heterocycles. The lowest BCUT2D eigenvalue weighted by atomic mass is 9.97. The molecule has 5 nitrogen and oxygen atoms in total. The lowest BCUT2D eigenvalue weighted by Gasteiger charge is -2.15. The monoisotopic (exact) mass is 416 g/mol. The number of nitrogens with two attached hydrogens (primary N) is 2. The number of carboxylic acid groups (broad SMARTS) is 1. The molecule has 0 atom stereocenters. The topological polar surface area (TPSA) is 106 Å². The molecule has 11 heteroatoms. The summed E-state index contributed by atoms with van der Waals surface area (Å²) >= 11 is 0. The van der Waals surface area contributed by atoms with Crippen LogP contribution in [0.3, 0.4) is 0 Å². The first kappa shape index (κ1) is 25.9. The molecule has 1 aromatic carbocycles. The zero-order valence-corrected chi connectivity index (χ0v) is 14.8. The molecular formula is C17H22F6N2O3. The Morgan fingerprint density at radius 2 is 1.39 bits per heavy atom. The quantitative estimate of drug-likeness (QED) is 0.502. The molecule has 1 fully saturated rings. The summed E-state index contributed by atoms with van der Waals surface area (Å²) in [6.45, 7) is -0.278. The normalized spacial score (nSPS) is 14.9. The van der Waals surface area contributed by atoms with Crippen LogP contribution in [-0.2, 0) is 17.1 Å². The van der Waals surface area contributed by atoms with Crippen LogP contribution in [0.15, 0.2) is 18.2 Å². The van der Waals surface area contributed by atoms with Gasteiger partial charge < -0.3 is 16.6 Å². The van der Waals surface area contributed by atoms with E-state index in [9.17, 15) is 35.9 Å². The van der Waals surface area contributed by atoms with E-state index in [0.717, 1.165) is 0 Å². The van der Waals surface area contributed by atoms with Crippen molar-refractivity contribution in [2.24, 2.45) is 11.5 Å². The second-order valence-electron chi connectivity index (χ2n) is 5.95. The molecular weight excluding hydrogens is 394 g/mol. The molecule has 0 aliphatic heterocycles. The van der Waals surface area contributed by atoms with Crippen LogP contribution in [0.2, 0.25) is 0 Å². The lowest BCUT2D eigenvalue weighted by molar-refractivity contribution is -0.143. The third kappa shape index (κ3) is 10.9. The Bertz CT molecular complexity index is 594. The molecule has 0 radical (unpaired) electrons. The summed E-state index contributed by atoms with van der Waals surface area (Å²) in [5.74, 6) is -0.968. The smallest absolute Gasteiger partial charge is 0.416 e. The molecule has 0 unspecified atom stereocenters. The van der Waals surface area contributed by atoms with E-state index in [4.69, 9.17) is 10.8 Å². The van der Waals surface area contributed by atoms with Gasteiger partial charge in [-0.15, -0.1) is 0 Å². The predicted octanol–water partition coefficient (Wildman–Crippen LogP) is 3.84. The summed E-state index contributed by atoms with van der Waals surface area (Å²) in [5, 5.41) is 7.60. The molecule has 28 heavy (non-hydrogen) atoms. The molecule has 0 amide bonds. The fourth-order valence-electron chi connectivity index (χ4n) is 2.18. The molecule has 1 aromatic rings. The highest BCUT2D eigenvalue weighted by molar-refractivity contribution is 5.75. The average Bonchev–Trinajstić information content (AvgIpc) is 2.61. The van der Waals surface area contributed by atoms with Gasteiger partial charge in [-0.1, -0.05) is 19.3 Å². The molecule has 0 bridgehead atoms. The average molecular weight is 416 g/mol. The summed E-state index contributed by atoms with van der Waals surface area (Å²) in [4.78, 5) is 19.5. The zero-order valence-electron chi connectivity index (χ0n) is 14.8.